The summed E-state index contributed by atoms with van der Waals surface area (Å²) >= 11 is 0. The molecule has 3 aromatic rings. The van der Waals surface area contributed by atoms with Crippen LogP contribution < -0.4 is 4.74 Å². The van der Waals surface area contributed by atoms with Crippen LogP contribution in [0.25, 0.3) is 0 Å². The Balaban J connectivity index is 1.51. The molecular formula is C22H16F3NO3. The number of benzene rings is 3. The van der Waals surface area contributed by atoms with Crippen LogP contribution in [0, 0.1) is 0 Å². The van der Waals surface area contributed by atoms with E-state index in [4.69, 9.17) is 9.57 Å². The van der Waals surface area contributed by atoms with Crippen LogP contribution in [0.3, 0.4) is 0 Å². The van der Waals surface area contributed by atoms with E-state index in [1.54, 1.807) is 24.3 Å². The molecule has 0 heterocycles. The molecule has 0 aliphatic rings. The Morgan fingerprint density at radius 2 is 1.55 bits per heavy atom. The Morgan fingerprint density at radius 3 is 2.17 bits per heavy atom. The number of halogens is 3. The van der Waals surface area contributed by atoms with Crippen molar-refractivity contribution < 1.29 is 27.5 Å². The second-order valence-corrected chi connectivity index (χ2v) is 6.03. The van der Waals surface area contributed by atoms with Crippen LogP contribution in [0.1, 0.15) is 27.0 Å². The highest BCUT2D eigenvalue weighted by molar-refractivity contribution is 5.90. The molecule has 0 aliphatic carbocycles. The number of rotatable bonds is 6. The summed E-state index contributed by atoms with van der Waals surface area (Å²) in [5.74, 6) is -0.175. The minimum atomic E-state index is -4.46. The minimum absolute atomic E-state index is 0.0280. The van der Waals surface area contributed by atoms with Crippen LogP contribution in [0.5, 0.6) is 5.75 Å². The first-order valence-corrected chi connectivity index (χ1v) is 8.60. The average Bonchev–Trinajstić information content (AvgIpc) is 2.73. The van der Waals surface area contributed by atoms with Crippen LogP contribution in [0.2, 0.25) is 0 Å². The predicted molar refractivity (Wildman–Crippen MR) is 102 cm³/mol. The van der Waals surface area contributed by atoms with Gasteiger partial charge in [-0.05, 0) is 59.7 Å². The molecule has 0 aromatic heterocycles. The Morgan fingerprint density at radius 1 is 0.897 bits per heavy atom. The van der Waals surface area contributed by atoms with Gasteiger partial charge in [0.15, 0.2) is 0 Å². The zero-order chi connectivity index (χ0) is 20.7. The summed E-state index contributed by atoms with van der Waals surface area (Å²) in [5.41, 5.74) is 0.845. The number of ether oxygens (including phenoxy) is 1. The fraction of sp³-hybridized carbons (Fsp3) is 0.0909. The predicted octanol–water partition coefficient (Wildman–Crippen LogP) is 5.48. The number of carbonyl (C=O) groups excluding carboxylic acids is 1. The largest absolute Gasteiger partial charge is 0.489 e. The van der Waals surface area contributed by atoms with E-state index in [2.05, 4.69) is 5.16 Å². The maximum absolute atomic E-state index is 12.5. The zero-order valence-electron chi connectivity index (χ0n) is 15.1. The van der Waals surface area contributed by atoms with Gasteiger partial charge in [0.2, 0.25) is 0 Å². The van der Waals surface area contributed by atoms with E-state index in [0.717, 1.165) is 29.8 Å². The summed E-state index contributed by atoms with van der Waals surface area (Å²) in [6.07, 6.45) is -3.14. The highest BCUT2D eigenvalue weighted by atomic mass is 19.4. The first-order chi connectivity index (χ1) is 13.9. The highest BCUT2D eigenvalue weighted by Crippen LogP contribution is 2.29. The Kier molecular flexibility index (Phi) is 6.29. The Labute approximate surface area is 165 Å². The lowest BCUT2D eigenvalue weighted by atomic mass is 10.1. The summed E-state index contributed by atoms with van der Waals surface area (Å²) < 4.78 is 43.2. The van der Waals surface area contributed by atoms with Crippen LogP contribution in [0.4, 0.5) is 13.2 Å². The number of nitrogens with zero attached hydrogens (tertiary/aromatic N) is 1. The van der Waals surface area contributed by atoms with Gasteiger partial charge in [0.1, 0.15) is 12.4 Å². The Bertz CT molecular complexity index is 967. The third-order valence-electron chi connectivity index (χ3n) is 3.91. The number of hydrogen-bond acceptors (Lipinski definition) is 4. The van der Waals surface area contributed by atoms with Crippen molar-refractivity contribution in [1.29, 1.82) is 0 Å². The molecule has 3 aromatic carbocycles. The summed E-state index contributed by atoms with van der Waals surface area (Å²) in [7, 11) is 0. The molecule has 3 rings (SSSR count). The first-order valence-electron chi connectivity index (χ1n) is 8.60. The molecule has 0 fully saturated rings. The van der Waals surface area contributed by atoms with E-state index in [9.17, 15) is 18.0 Å². The first kappa shape index (κ1) is 20.1. The van der Waals surface area contributed by atoms with Gasteiger partial charge in [0.25, 0.3) is 0 Å². The molecular weight excluding hydrogens is 383 g/mol. The fourth-order valence-electron chi connectivity index (χ4n) is 2.37. The Hall–Kier alpha value is -3.61. The van der Waals surface area contributed by atoms with Crippen LogP contribution in [0.15, 0.2) is 84.0 Å². The van der Waals surface area contributed by atoms with E-state index < -0.39 is 17.7 Å². The maximum Gasteiger partial charge on any atom is 0.416 e. The van der Waals surface area contributed by atoms with Gasteiger partial charge in [-0.1, -0.05) is 35.5 Å². The third kappa shape index (κ3) is 5.93. The van der Waals surface area contributed by atoms with E-state index >= 15 is 0 Å². The molecule has 0 saturated carbocycles. The SMILES string of the molecule is O=C(O/N=C\c1ccc(OCc2ccccc2)cc1)c1ccc(C(F)(F)F)cc1. The molecule has 0 saturated heterocycles. The summed E-state index contributed by atoms with van der Waals surface area (Å²) in [6.45, 7) is 0.443. The fourth-order valence-corrected chi connectivity index (χ4v) is 2.37. The van der Waals surface area contributed by atoms with E-state index in [-0.39, 0.29) is 5.56 Å². The van der Waals surface area contributed by atoms with Crippen molar-refractivity contribution in [3.05, 3.63) is 101 Å². The lowest BCUT2D eigenvalue weighted by molar-refractivity contribution is -0.137. The van der Waals surface area contributed by atoms with Crippen molar-refractivity contribution in [1.82, 2.24) is 0 Å². The second-order valence-electron chi connectivity index (χ2n) is 6.03. The van der Waals surface area contributed by atoms with Gasteiger partial charge in [0.05, 0.1) is 17.3 Å². The molecule has 148 valence electrons. The second kappa shape index (κ2) is 9.05. The molecule has 4 nitrogen and oxygen atoms in total. The molecule has 0 aliphatic heterocycles. The molecule has 0 amide bonds. The molecule has 0 spiro atoms. The maximum atomic E-state index is 12.5. The van der Waals surface area contributed by atoms with E-state index in [0.29, 0.717) is 17.9 Å². The number of oxime groups is 1. The monoisotopic (exact) mass is 399 g/mol. The average molecular weight is 399 g/mol. The number of hydrogen-bond donors (Lipinski definition) is 0. The summed E-state index contributed by atoms with van der Waals surface area (Å²) in [6, 6.07) is 20.4. The van der Waals surface area contributed by atoms with E-state index in [1.807, 2.05) is 30.3 Å². The van der Waals surface area contributed by atoms with Crippen molar-refractivity contribution in [3.8, 4) is 5.75 Å². The van der Waals surface area contributed by atoms with Crippen LogP contribution >= 0.6 is 0 Å². The van der Waals surface area contributed by atoms with Crippen LogP contribution in [-0.4, -0.2) is 12.2 Å². The van der Waals surface area contributed by atoms with Crippen molar-refractivity contribution >= 4 is 12.2 Å². The number of carbonyl (C=O) groups is 1. The van der Waals surface area contributed by atoms with Gasteiger partial charge < -0.3 is 9.57 Å². The summed E-state index contributed by atoms with van der Waals surface area (Å²) in [5, 5.41) is 3.57. The van der Waals surface area contributed by atoms with Crippen molar-refractivity contribution in [3.63, 3.8) is 0 Å². The molecule has 0 bridgehead atoms. The molecule has 0 N–H and O–H groups in total. The number of alkyl halides is 3. The third-order valence-corrected chi connectivity index (χ3v) is 3.91. The lowest BCUT2D eigenvalue weighted by Crippen LogP contribution is -2.06. The van der Waals surface area contributed by atoms with Gasteiger partial charge in [-0.2, -0.15) is 13.2 Å². The highest BCUT2D eigenvalue weighted by Gasteiger charge is 2.30. The van der Waals surface area contributed by atoms with E-state index in [1.165, 1.54) is 6.21 Å². The van der Waals surface area contributed by atoms with Gasteiger partial charge in [-0.25, -0.2) is 4.79 Å². The van der Waals surface area contributed by atoms with Crippen molar-refractivity contribution in [2.24, 2.45) is 5.16 Å². The topological polar surface area (TPSA) is 47.9 Å². The quantitative estimate of drug-likeness (QED) is 0.314. The molecule has 7 heteroatoms. The summed E-state index contributed by atoms with van der Waals surface area (Å²) in [4.78, 5) is 16.5. The molecule has 29 heavy (non-hydrogen) atoms. The molecule has 0 unspecified atom stereocenters. The normalized spacial score (nSPS) is 11.4. The van der Waals surface area contributed by atoms with Gasteiger partial charge >= 0.3 is 12.1 Å². The molecule has 0 radical (unpaired) electrons. The van der Waals surface area contributed by atoms with Crippen molar-refractivity contribution in [2.75, 3.05) is 0 Å². The zero-order valence-corrected chi connectivity index (χ0v) is 15.1. The van der Waals surface area contributed by atoms with Gasteiger partial charge in [0, 0.05) is 0 Å². The minimum Gasteiger partial charge on any atom is -0.489 e. The van der Waals surface area contributed by atoms with Crippen molar-refractivity contribution in [2.45, 2.75) is 12.8 Å². The molecule has 0 atom stereocenters. The van der Waals surface area contributed by atoms with Crippen LogP contribution in [-0.2, 0) is 17.6 Å². The van der Waals surface area contributed by atoms with Gasteiger partial charge in [-0.3, -0.25) is 0 Å². The lowest BCUT2D eigenvalue weighted by Gasteiger charge is -2.06. The smallest absolute Gasteiger partial charge is 0.416 e. The standard InChI is InChI=1S/C22H16F3NO3/c23-22(24,25)19-10-8-18(9-11-19)21(27)29-26-14-16-6-12-20(13-7-16)28-15-17-4-2-1-3-5-17/h1-14H,15H2/b26-14-. The van der Waals surface area contributed by atoms with Gasteiger partial charge in [-0.15, -0.1) is 0 Å².